The molecule has 0 saturated heterocycles. The smallest absolute Gasteiger partial charge is 0.254 e. The van der Waals surface area contributed by atoms with E-state index in [1.807, 2.05) is 36.4 Å². The maximum atomic E-state index is 14.2. The van der Waals surface area contributed by atoms with Crippen molar-refractivity contribution in [3.63, 3.8) is 0 Å². The van der Waals surface area contributed by atoms with Gasteiger partial charge in [-0.3, -0.25) is 4.79 Å². The Balaban J connectivity index is 1.33. The molecule has 0 aromatic heterocycles. The first kappa shape index (κ1) is 26.5. The van der Waals surface area contributed by atoms with E-state index >= 15 is 0 Å². The first-order valence-electron chi connectivity index (χ1n) is 14.9. The normalized spacial score (nSPS) is 21.5. The highest BCUT2D eigenvalue weighted by Gasteiger charge is 2.37. The van der Waals surface area contributed by atoms with Gasteiger partial charge in [0, 0.05) is 35.0 Å². The van der Waals surface area contributed by atoms with Crippen LogP contribution >= 0.6 is 0 Å². The Kier molecular flexibility index (Phi) is 7.59. The van der Waals surface area contributed by atoms with Gasteiger partial charge in [0.1, 0.15) is 17.8 Å². The zero-order valence-corrected chi connectivity index (χ0v) is 23.9. The summed E-state index contributed by atoms with van der Waals surface area (Å²) in [7, 11) is 1.70. The number of carbonyl (C=O) groups excluding carboxylic acids is 1. The van der Waals surface area contributed by atoms with Gasteiger partial charge in [0.25, 0.3) is 5.91 Å². The van der Waals surface area contributed by atoms with Gasteiger partial charge >= 0.3 is 0 Å². The van der Waals surface area contributed by atoms with Gasteiger partial charge in [0.2, 0.25) is 0 Å². The number of methoxy groups -OCH3 is 1. The predicted octanol–water partition coefficient (Wildman–Crippen LogP) is 7.32. The number of rotatable bonds is 7. The van der Waals surface area contributed by atoms with Gasteiger partial charge in [0.05, 0.1) is 25.0 Å². The highest BCUT2D eigenvalue weighted by atomic mass is 16.5. The fraction of sp³-hybridized carbons (Fsp3) is 0.441. The molecule has 0 bridgehead atoms. The number of imidazole rings is 1. The lowest BCUT2D eigenvalue weighted by atomic mass is 9.79. The Hall–Kier alpha value is -3.67. The third kappa shape index (κ3) is 5.24. The van der Waals surface area contributed by atoms with Crippen LogP contribution in [0.3, 0.4) is 0 Å². The molecule has 2 aromatic carbocycles. The van der Waals surface area contributed by atoms with Crippen LogP contribution in [0, 0.1) is 11.8 Å². The minimum atomic E-state index is 0.161. The second-order valence-electron chi connectivity index (χ2n) is 12.0. The van der Waals surface area contributed by atoms with Crippen molar-refractivity contribution in [2.75, 3.05) is 7.11 Å². The molecule has 40 heavy (non-hydrogen) atoms. The van der Waals surface area contributed by atoms with Crippen molar-refractivity contribution >= 4 is 5.91 Å². The SMILES string of the molecule is COc1cc(C(=O)N(C2CCCC2)C2CC(C)CC(C)C2)ccc1Cn1ccc2ncnc-2c1-c1ccccc1. The molecular weight excluding hydrogens is 496 g/mol. The standard InChI is InChI=1S/C34H40N4O2/c1-23-17-24(2)19-29(18-23)38(28-11-7-8-12-28)34(39)26-13-14-27(31(20-26)40-3)21-37-16-15-30-32(36-22-35-30)33(37)25-9-5-4-6-10-25/h4-6,9-10,13-16,20,22-24,28-29H,7-8,11-12,17-19,21H2,1-3H3. The lowest BCUT2D eigenvalue weighted by Gasteiger charge is -2.42. The average molecular weight is 537 g/mol. The van der Waals surface area contributed by atoms with E-state index in [1.54, 1.807) is 13.4 Å². The third-order valence-corrected chi connectivity index (χ3v) is 8.97. The van der Waals surface area contributed by atoms with Crippen LogP contribution in [-0.4, -0.2) is 44.5 Å². The number of pyridine rings is 1. The summed E-state index contributed by atoms with van der Waals surface area (Å²) in [5, 5.41) is 0. The molecule has 2 aliphatic carbocycles. The van der Waals surface area contributed by atoms with E-state index in [2.05, 4.69) is 57.7 Å². The van der Waals surface area contributed by atoms with Gasteiger partial charge in [-0.05, 0) is 62.1 Å². The topological polar surface area (TPSA) is 60.2 Å². The molecule has 6 rings (SSSR count). The number of carbonyl (C=O) groups is 1. The van der Waals surface area contributed by atoms with Gasteiger partial charge in [0.15, 0.2) is 0 Å². The molecule has 0 radical (unpaired) electrons. The van der Waals surface area contributed by atoms with Crippen molar-refractivity contribution in [3.8, 4) is 28.4 Å². The van der Waals surface area contributed by atoms with E-state index in [4.69, 9.17) is 4.74 Å². The molecular formula is C34H40N4O2. The summed E-state index contributed by atoms with van der Waals surface area (Å²) in [6, 6.07) is 19.0. The monoisotopic (exact) mass is 536 g/mol. The minimum absolute atomic E-state index is 0.161. The van der Waals surface area contributed by atoms with Gasteiger partial charge < -0.3 is 14.2 Å². The summed E-state index contributed by atoms with van der Waals surface area (Å²) in [5.41, 5.74) is 5.61. The Bertz CT molecular complexity index is 1410. The number of aromatic nitrogens is 3. The molecule has 6 heteroatoms. The van der Waals surface area contributed by atoms with Gasteiger partial charge in [-0.1, -0.05) is 63.1 Å². The van der Waals surface area contributed by atoms with Crippen LogP contribution in [0.15, 0.2) is 67.1 Å². The van der Waals surface area contributed by atoms with Crippen LogP contribution in [0.5, 0.6) is 5.75 Å². The molecule has 2 aliphatic heterocycles. The number of hydrogen-bond acceptors (Lipinski definition) is 4. The highest BCUT2D eigenvalue weighted by Crippen LogP contribution is 2.37. The fourth-order valence-corrected chi connectivity index (χ4v) is 7.27. The van der Waals surface area contributed by atoms with Crippen molar-refractivity contribution < 1.29 is 9.53 Å². The quantitative estimate of drug-likeness (QED) is 0.248. The summed E-state index contributed by atoms with van der Waals surface area (Å²) >= 11 is 0. The van der Waals surface area contributed by atoms with Crippen LogP contribution in [0.2, 0.25) is 0 Å². The number of amides is 1. The van der Waals surface area contributed by atoms with Crippen molar-refractivity contribution in [1.82, 2.24) is 19.4 Å². The Morgan fingerprint density at radius 2 is 1.70 bits per heavy atom. The zero-order chi connectivity index (χ0) is 27.6. The molecule has 2 saturated carbocycles. The second-order valence-corrected chi connectivity index (χ2v) is 12.0. The molecule has 6 nitrogen and oxygen atoms in total. The average Bonchev–Trinajstić information content (AvgIpc) is 3.66. The maximum absolute atomic E-state index is 14.2. The fourth-order valence-electron chi connectivity index (χ4n) is 7.27. The van der Waals surface area contributed by atoms with Crippen molar-refractivity contribution in [2.45, 2.75) is 77.4 Å². The molecule has 208 valence electrons. The van der Waals surface area contributed by atoms with Gasteiger partial charge in [-0.2, -0.15) is 0 Å². The summed E-state index contributed by atoms with van der Waals surface area (Å²) in [6.07, 6.45) is 11.8. The second kappa shape index (κ2) is 11.4. The molecule has 2 heterocycles. The molecule has 2 atom stereocenters. The lowest BCUT2D eigenvalue weighted by molar-refractivity contribution is 0.0429. The van der Waals surface area contributed by atoms with E-state index in [0.29, 0.717) is 30.5 Å². The maximum Gasteiger partial charge on any atom is 0.254 e. The summed E-state index contributed by atoms with van der Waals surface area (Å²) < 4.78 is 8.09. The molecule has 4 aliphatic rings. The summed E-state index contributed by atoms with van der Waals surface area (Å²) in [5.74, 6) is 2.21. The summed E-state index contributed by atoms with van der Waals surface area (Å²) in [4.78, 5) is 25.5. The third-order valence-electron chi connectivity index (χ3n) is 8.97. The van der Waals surface area contributed by atoms with Gasteiger partial charge in [-0.25, -0.2) is 9.97 Å². The number of benzene rings is 2. The first-order chi connectivity index (χ1) is 19.5. The predicted molar refractivity (Wildman–Crippen MR) is 159 cm³/mol. The first-order valence-corrected chi connectivity index (χ1v) is 14.9. The molecule has 2 unspecified atom stereocenters. The number of hydrogen-bond donors (Lipinski definition) is 0. The Labute approximate surface area is 237 Å². The van der Waals surface area contributed by atoms with Crippen molar-refractivity contribution in [1.29, 1.82) is 0 Å². The summed E-state index contributed by atoms with van der Waals surface area (Å²) in [6.45, 7) is 5.28. The molecule has 0 spiro atoms. The Morgan fingerprint density at radius 1 is 0.950 bits per heavy atom. The molecule has 1 amide bonds. The van der Waals surface area contributed by atoms with E-state index in [9.17, 15) is 4.79 Å². The van der Waals surface area contributed by atoms with Crippen LogP contribution in [-0.2, 0) is 6.54 Å². The number of nitrogens with zero attached hydrogens (tertiary/aromatic N) is 4. The number of ether oxygens (including phenoxy) is 1. The van der Waals surface area contributed by atoms with E-state index in [-0.39, 0.29) is 5.91 Å². The molecule has 0 N–H and O–H groups in total. The van der Waals surface area contributed by atoms with E-state index < -0.39 is 0 Å². The number of fused-ring (bicyclic) bond motifs is 1. The van der Waals surface area contributed by atoms with Crippen LogP contribution in [0.4, 0.5) is 0 Å². The van der Waals surface area contributed by atoms with Crippen LogP contribution < -0.4 is 4.74 Å². The molecule has 2 aromatic rings. The Morgan fingerprint density at radius 3 is 2.42 bits per heavy atom. The van der Waals surface area contributed by atoms with E-state index in [0.717, 1.165) is 65.2 Å². The van der Waals surface area contributed by atoms with E-state index in [1.165, 1.54) is 19.3 Å². The lowest BCUT2D eigenvalue weighted by Crippen LogP contribution is -2.49. The van der Waals surface area contributed by atoms with Crippen molar-refractivity contribution in [2.24, 2.45) is 11.8 Å². The molecule has 2 fully saturated rings. The van der Waals surface area contributed by atoms with Crippen LogP contribution in [0.1, 0.15) is 74.7 Å². The highest BCUT2D eigenvalue weighted by molar-refractivity contribution is 5.95. The largest absolute Gasteiger partial charge is 0.496 e. The van der Waals surface area contributed by atoms with Crippen LogP contribution in [0.25, 0.3) is 22.6 Å². The minimum Gasteiger partial charge on any atom is -0.496 e. The van der Waals surface area contributed by atoms with Gasteiger partial charge in [-0.15, -0.1) is 0 Å². The zero-order valence-electron chi connectivity index (χ0n) is 23.9. The van der Waals surface area contributed by atoms with Crippen molar-refractivity contribution in [3.05, 3.63) is 78.2 Å².